The Hall–Kier alpha value is -2.72. The molecule has 0 saturated carbocycles. The van der Waals surface area contributed by atoms with Gasteiger partial charge in [-0.05, 0) is 79.6 Å². The van der Waals surface area contributed by atoms with Crippen LogP contribution in [-0.4, -0.2) is 84.3 Å². The van der Waals surface area contributed by atoms with Gasteiger partial charge in [-0.3, -0.25) is 0 Å². The van der Waals surface area contributed by atoms with E-state index in [-0.39, 0.29) is 30.7 Å². The van der Waals surface area contributed by atoms with Crippen LogP contribution in [0.2, 0.25) is 0 Å². The van der Waals surface area contributed by atoms with Crippen molar-refractivity contribution < 1.29 is 28.0 Å². The van der Waals surface area contributed by atoms with Crippen LogP contribution in [0.4, 0.5) is 9.18 Å². The molecule has 2 aromatic rings. The lowest BCUT2D eigenvalue weighted by atomic mass is 9.80. The van der Waals surface area contributed by atoms with Gasteiger partial charge in [-0.15, -0.1) is 0 Å². The van der Waals surface area contributed by atoms with E-state index in [1.165, 1.54) is 12.1 Å². The third kappa shape index (κ3) is 7.51. The summed E-state index contributed by atoms with van der Waals surface area (Å²) in [6.45, 7) is 13.3. The number of nitrogens with zero attached hydrogens (tertiary/aromatic N) is 3. The minimum absolute atomic E-state index is 0.102. The maximum Gasteiger partial charge on any atom is 0.410 e. The van der Waals surface area contributed by atoms with Gasteiger partial charge >= 0.3 is 6.09 Å². The summed E-state index contributed by atoms with van der Waals surface area (Å²) >= 11 is 0. The lowest BCUT2D eigenvalue weighted by molar-refractivity contribution is -0.914. The molecule has 9 heteroatoms. The number of hydroxylamine groups is 3. The van der Waals surface area contributed by atoms with E-state index in [2.05, 4.69) is 32.6 Å². The number of hydrogen-bond donors (Lipinski definition) is 0. The SMILES string of the molecule is CC(C)COc1ccc(C[N+]2([O-])COC3(CCN(CCCN4C(=O)OCC4C(C)C)CC3)C2Cc2ccc(F)cc2)cc1. The standard InChI is InChI=1S/C34H48FN3O5/c1-25(2)22-41-30-12-8-28(9-13-30)21-38(40)24-43-34(32(38)20-27-6-10-29(35)11-7-27)14-18-36(19-15-34)16-5-17-37-31(26(3)4)23-42-33(37)39/h6-13,25-26,31-32H,5,14-24H2,1-4H3. The summed E-state index contributed by atoms with van der Waals surface area (Å²) in [5.74, 6) is 1.33. The fraction of sp³-hybridized carbons (Fsp3) is 0.618. The van der Waals surface area contributed by atoms with Crippen LogP contribution in [0.25, 0.3) is 0 Å². The van der Waals surface area contributed by atoms with Crippen LogP contribution in [0, 0.1) is 22.9 Å². The zero-order valence-corrected chi connectivity index (χ0v) is 26.2. The fourth-order valence-electron chi connectivity index (χ4n) is 6.84. The second-order valence-corrected chi connectivity index (χ2v) is 13.4. The number of halogens is 1. The number of carbonyl (C=O) groups is 1. The minimum atomic E-state index is -0.533. The van der Waals surface area contributed by atoms with Crippen molar-refractivity contribution in [2.75, 3.05) is 46.1 Å². The van der Waals surface area contributed by atoms with Crippen molar-refractivity contribution in [2.45, 2.75) is 77.6 Å². The van der Waals surface area contributed by atoms with Crippen LogP contribution in [0.3, 0.4) is 0 Å². The van der Waals surface area contributed by atoms with E-state index in [0.717, 1.165) is 55.8 Å². The summed E-state index contributed by atoms with van der Waals surface area (Å²) in [4.78, 5) is 16.5. The molecule has 8 nitrogen and oxygen atoms in total. The molecule has 43 heavy (non-hydrogen) atoms. The smallest absolute Gasteiger partial charge is 0.410 e. The number of likely N-dealkylation sites (tertiary alicyclic amines) is 1. The number of hydrogen-bond acceptors (Lipinski definition) is 6. The van der Waals surface area contributed by atoms with Crippen LogP contribution in [-0.2, 0) is 22.4 Å². The molecule has 0 bridgehead atoms. The number of benzene rings is 2. The highest BCUT2D eigenvalue weighted by molar-refractivity contribution is 5.70. The van der Waals surface area contributed by atoms with Gasteiger partial charge in [0.1, 0.15) is 36.4 Å². The van der Waals surface area contributed by atoms with Crippen molar-refractivity contribution in [1.82, 2.24) is 9.80 Å². The molecule has 0 radical (unpaired) electrons. The van der Waals surface area contributed by atoms with Gasteiger partial charge in [-0.2, -0.15) is 0 Å². The summed E-state index contributed by atoms with van der Waals surface area (Å²) in [5, 5.41) is 14.6. The van der Waals surface area contributed by atoms with Gasteiger partial charge in [-0.25, -0.2) is 9.18 Å². The fourth-order valence-corrected chi connectivity index (χ4v) is 6.84. The maximum absolute atomic E-state index is 14.6. The van der Waals surface area contributed by atoms with Crippen molar-refractivity contribution in [3.63, 3.8) is 0 Å². The van der Waals surface area contributed by atoms with Gasteiger partial charge in [0.2, 0.25) is 0 Å². The summed E-state index contributed by atoms with van der Waals surface area (Å²) < 4.78 is 30.9. The van der Waals surface area contributed by atoms with Crippen LogP contribution in [0.15, 0.2) is 48.5 Å². The number of quaternary nitrogens is 1. The maximum atomic E-state index is 14.6. The average molecular weight is 598 g/mol. The first kappa shape index (κ1) is 31.7. The molecule has 0 N–H and O–H groups in total. The Morgan fingerprint density at radius 3 is 2.35 bits per heavy atom. The van der Waals surface area contributed by atoms with Crippen LogP contribution < -0.4 is 4.74 Å². The van der Waals surface area contributed by atoms with Crippen molar-refractivity contribution >= 4 is 6.09 Å². The van der Waals surface area contributed by atoms with E-state index in [1.807, 2.05) is 29.2 Å². The average Bonchev–Trinajstić information content (AvgIpc) is 3.48. The molecule has 0 aromatic heterocycles. The molecule has 3 aliphatic rings. The predicted octanol–water partition coefficient (Wildman–Crippen LogP) is 5.98. The molecule has 236 valence electrons. The first-order valence-electron chi connectivity index (χ1n) is 15.9. The second-order valence-electron chi connectivity index (χ2n) is 13.4. The van der Waals surface area contributed by atoms with Crippen molar-refractivity contribution in [3.05, 3.63) is 70.7 Å². The molecule has 3 aliphatic heterocycles. The molecular weight excluding hydrogens is 549 g/mol. The Bertz CT molecular complexity index is 1200. The highest BCUT2D eigenvalue weighted by Gasteiger charge is 2.56. The number of ether oxygens (including phenoxy) is 3. The third-order valence-corrected chi connectivity index (χ3v) is 9.40. The van der Waals surface area contributed by atoms with E-state index >= 15 is 0 Å². The highest BCUT2D eigenvalue weighted by atomic mass is 19.1. The summed E-state index contributed by atoms with van der Waals surface area (Å²) in [6, 6.07) is 14.2. The number of piperidine rings is 1. The molecule has 3 saturated heterocycles. The number of cyclic esters (lactones) is 1. The zero-order valence-electron chi connectivity index (χ0n) is 26.2. The normalized spacial score (nSPS) is 25.7. The van der Waals surface area contributed by atoms with E-state index in [4.69, 9.17) is 14.2 Å². The molecule has 2 aromatic carbocycles. The molecule has 3 heterocycles. The Kier molecular flexibility index (Phi) is 9.96. The molecule has 5 rings (SSSR count). The summed E-state index contributed by atoms with van der Waals surface area (Å²) in [5.41, 5.74) is 1.37. The number of rotatable bonds is 12. The van der Waals surface area contributed by atoms with Gasteiger partial charge in [0.15, 0.2) is 6.73 Å². The van der Waals surface area contributed by atoms with Gasteiger partial charge in [0, 0.05) is 31.6 Å². The monoisotopic (exact) mass is 597 g/mol. The Morgan fingerprint density at radius 1 is 1.02 bits per heavy atom. The number of amides is 1. The minimum Gasteiger partial charge on any atom is -0.631 e. The molecule has 1 amide bonds. The van der Waals surface area contributed by atoms with E-state index in [1.54, 1.807) is 12.1 Å². The van der Waals surface area contributed by atoms with Gasteiger partial charge in [-0.1, -0.05) is 39.8 Å². The van der Waals surface area contributed by atoms with Crippen LogP contribution >= 0.6 is 0 Å². The van der Waals surface area contributed by atoms with Gasteiger partial charge in [0.05, 0.1) is 12.6 Å². The topological polar surface area (TPSA) is 74.3 Å². The predicted molar refractivity (Wildman–Crippen MR) is 164 cm³/mol. The zero-order chi connectivity index (χ0) is 30.6. The van der Waals surface area contributed by atoms with Crippen molar-refractivity contribution in [3.8, 4) is 5.75 Å². The Morgan fingerprint density at radius 2 is 1.70 bits per heavy atom. The molecule has 1 spiro atoms. The van der Waals surface area contributed by atoms with Crippen molar-refractivity contribution in [2.24, 2.45) is 11.8 Å². The number of carbonyl (C=O) groups excluding carboxylic acids is 1. The van der Waals surface area contributed by atoms with E-state index in [0.29, 0.717) is 44.6 Å². The highest BCUT2D eigenvalue weighted by Crippen LogP contribution is 2.44. The van der Waals surface area contributed by atoms with Gasteiger partial charge < -0.3 is 33.9 Å². The summed E-state index contributed by atoms with van der Waals surface area (Å²) in [6.07, 6.45) is 2.74. The van der Waals surface area contributed by atoms with E-state index < -0.39 is 10.2 Å². The molecule has 3 unspecified atom stereocenters. The lowest BCUT2D eigenvalue weighted by Crippen LogP contribution is -2.58. The molecular formula is C34H48FN3O5. The quantitative estimate of drug-likeness (QED) is 0.222. The van der Waals surface area contributed by atoms with Crippen LogP contribution in [0.1, 0.15) is 58.1 Å². The Balaban J connectivity index is 1.24. The first-order chi connectivity index (χ1) is 20.6. The van der Waals surface area contributed by atoms with Crippen molar-refractivity contribution in [1.29, 1.82) is 0 Å². The van der Waals surface area contributed by atoms with E-state index in [9.17, 15) is 14.4 Å². The third-order valence-electron chi connectivity index (χ3n) is 9.40. The molecule has 0 aliphatic carbocycles. The molecule has 3 fully saturated rings. The van der Waals surface area contributed by atoms with Crippen LogP contribution in [0.5, 0.6) is 5.75 Å². The lowest BCUT2D eigenvalue weighted by Gasteiger charge is -2.48. The van der Waals surface area contributed by atoms with Gasteiger partial charge in [0.25, 0.3) is 0 Å². The first-order valence-corrected chi connectivity index (χ1v) is 15.9. The second kappa shape index (κ2) is 13.5. The molecule has 3 atom stereocenters. The Labute approximate surface area is 255 Å². The summed E-state index contributed by atoms with van der Waals surface area (Å²) in [7, 11) is 0. The largest absolute Gasteiger partial charge is 0.631 e.